The van der Waals surface area contributed by atoms with E-state index < -0.39 is 12.2 Å². The molecule has 90 valence electrons. The summed E-state index contributed by atoms with van der Waals surface area (Å²) in [5.41, 5.74) is 0.188. The van der Waals surface area contributed by atoms with Crippen LogP contribution >= 0.6 is 11.6 Å². The summed E-state index contributed by atoms with van der Waals surface area (Å²) in [6.45, 7) is 0. The van der Waals surface area contributed by atoms with Gasteiger partial charge < -0.3 is 0 Å². The summed E-state index contributed by atoms with van der Waals surface area (Å²) < 4.78 is 39.8. The van der Waals surface area contributed by atoms with Crippen molar-refractivity contribution < 1.29 is 13.2 Å². The first-order valence-corrected chi connectivity index (χ1v) is 5.33. The van der Waals surface area contributed by atoms with Gasteiger partial charge in [-0.15, -0.1) is 11.6 Å². The predicted molar refractivity (Wildman–Crippen MR) is 58.0 cm³/mol. The molecule has 0 saturated carbocycles. The van der Waals surface area contributed by atoms with Crippen LogP contribution in [0.3, 0.4) is 0 Å². The van der Waals surface area contributed by atoms with Crippen molar-refractivity contribution >= 4 is 11.6 Å². The van der Waals surface area contributed by atoms with Gasteiger partial charge in [0, 0.05) is 5.56 Å². The smallest absolute Gasteiger partial charge is 0.232 e. The highest BCUT2D eigenvalue weighted by Gasteiger charge is 2.20. The lowest BCUT2D eigenvalue weighted by atomic mass is 10.2. The Balaban J connectivity index is 2.56. The maximum Gasteiger partial charge on any atom is 0.280 e. The van der Waals surface area contributed by atoms with E-state index in [4.69, 9.17) is 11.6 Å². The van der Waals surface area contributed by atoms with Gasteiger partial charge in [0.2, 0.25) is 0 Å². The molecule has 1 aromatic carbocycles. The van der Waals surface area contributed by atoms with E-state index in [9.17, 15) is 13.2 Å². The zero-order valence-corrected chi connectivity index (χ0v) is 9.33. The van der Waals surface area contributed by atoms with E-state index in [-0.39, 0.29) is 22.8 Å². The number of benzene rings is 1. The van der Waals surface area contributed by atoms with Crippen LogP contribution < -0.4 is 0 Å². The third-order valence-corrected chi connectivity index (χ3v) is 2.58. The summed E-state index contributed by atoms with van der Waals surface area (Å²) in [4.78, 5) is 0. The Morgan fingerprint density at radius 1 is 1.35 bits per heavy atom. The molecule has 2 rings (SSSR count). The zero-order valence-electron chi connectivity index (χ0n) is 8.58. The molecule has 17 heavy (non-hydrogen) atoms. The van der Waals surface area contributed by atoms with Gasteiger partial charge in [0.15, 0.2) is 0 Å². The standard InChI is InChI=1S/C11H8ClF3N2/c12-5-7-6-16-17(10(7)11(14)15)9-3-1-2-8(13)4-9/h1-4,6,11H,5H2. The van der Waals surface area contributed by atoms with Gasteiger partial charge in [0.1, 0.15) is 11.5 Å². The van der Waals surface area contributed by atoms with Crippen molar-refractivity contribution in [1.29, 1.82) is 0 Å². The van der Waals surface area contributed by atoms with Gasteiger partial charge in [0.05, 0.1) is 17.8 Å². The van der Waals surface area contributed by atoms with Gasteiger partial charge in [-0.2, -0.15) is 5.10 Å². The number of alkyl halides is 3. The molecule has 6 heteroatoms. The molecule has 0 radical (unpaired) electrons. The first-order chi connectivity index (χ1) is 8.13. The fourth-order valence-electron chi connectivity index (χ4n) is 1.54. The molecular weight excluding hydrogens is 253 g/mol. The van der Waals surface area contributed by atoms with Crippen molar-refractivity contribution in [2.75, 3.05) is 0 Å². The van der Waals surface area contributed by atoms with Crippen molar-refractivity contribution in [3.05, 3.63) is 47.5 Å². The minimum absolute atomic E-state index is 0.0605. The maximum atomic E-state index is 13.0. The molecule has 0 aliphatic carbocycles. The molecule has 2 nitrogen and oxygen atoms in total. The fourth-order valence-corrected chi connectivity index (χ4v) is 1.75. The van der Waals surface area contributed by atoms with Gasteiger partial charge in [-0.1, -0.05) is 6.07 Å². The summed E-state index contributed by atoms with van der Waals surface area (Å²) in [7, 11) is 0. The minimum atomic E-state index is -2.71. The quantitative estimate of drug-likeness (QED) is 0.770. The van der Waals surface area contributed by atoms with Gasteiger partial charge in [0.25, 0.3) is 6.43 Å². The fraction of sp³-hybridized carbons (Fsp3) is 0.182. The average Bonchev–Trinajstić information content (AvgIpc) is 2.72. The van der Waals surface area contributed by atoms with Crippen molar-refractivity contribution in [2.24, 2.45) is 0 Å². The number of nitrogens with zero attached hydrogens (tertiary/aromatic N) is 2. The van der Waals surface area contributed by atoms with Crippen LogP contribution in [0.2, 0.25) is 0 Å². The zero-order chi connectivity index (χ0) is 12.4. The Morgan fingerprint density at radius 2 is 2.12 bits per heavy atom. The van der Waals surface area contributed by atoms with Gasteiger partial charge in [-0.3, -0.25) is 0 Å². The number of halogens is 4. The molecule has 0 aliphatic rings. The van der Waals surface area contributed by atoms with E-state index in [0.717, 1.165) is 10.7 Å². The maximum absolute atomic E-state index is 13.0. The van der Waals surface area contributed by atoms with Gasteiger partial charge >= 0.3 is 0 Å². The molecule has 0 bridgehead atoms. The molecule has 0 fully saturated rings. The Bertz CT molecular complexity index is 525. The molecular formula is C11H8ClF3N2. The monoisotopic (exact) mass is 260 g/mol. The molecule has 0 spiro atoms. The third-order valence-electron chi connectivity index (χ3n) is 2.29. The summed E-state index contributed by atoms with van der Waals surface area (Å²) in [5.74, 6) is -0.569. The topological polar surface area (TPSA) is 17.8 Å². The minimum Gasteiger partial charge on any atom is -0.232 e. The number of rotatable bonds is 3. The molecule has 2 aromatic rings. The molecule has 0 amide bonds. The molecule has 0 saturated heterocycles. The second-order valence-corrected chi connectivity index (χ2v) is 3.65. The van der Waals surface area contributed by atoms with Crippen LogP contribution in [0.25, 0.3) is 5.69 Å². The van der Waals surface area contributed by atoms with E-state index in [1.54, 1.807) is 0 Å². The highest BCUT2D eigenvalue weighted by molar-refractivity contribution is 6.17. The predicted octanol–water partition coefficient (Wildman–Crippen LogP) is 3.69. The highest BCUT2D eigenvalue weighted by Crippen LogP contribution is 2.26. The largest absolute Gasteiger partial charge is 0.280 e. The second kappa shape index (κ2) is 4.79. The van der Waals surface area contributed by atoms with Crippen LogP contribution in [-0.4, -0.2) is 9.78 Å². The first kappa shape index (κ1) is 12.0. The van der Waals surface area contributed by atoms with E-state index in [1.807, 2.05) is 0 Å². The van der Waals surface area contributed by atoms with E-state index in [1.165, 1.54) is 24.4 Å². The summed E-state index contributed by atoms with van der Waals surface area (Å²) >= 11 is 5.55. The third kappa shape index (κ3) is 2.29. The van der Waals surface area contributed by atoms with Crippen LogP contribution in [0.4, 0.5) is 13.2 Å². The Hall–Kier alpha value is -1.49. The lowest BCUT2D eigenvalue weighted by Crippen LogP contribution is -2.04. The SMILES string of the molecule is Fc1cccc(-n2ncc(CCl)c2C(F)F)c1. The molecule has 0 N–H and O–H groups in total. The molecule has 1 heterocycles. The van der Waals surface area contributed by atoms with Crippen LogP contribution in [0, 0.1) is 5.82 Å². The van der Waals surface area contributed by atoms with Crippen LogP contribution in [0.5, 0.6) is 0 Å². The van der Waals surface area contributed by atoms with Crippen molar-refractivity contribution in [2.45, 2.75) is 12.3 Å². The van der Waals surface area contributed by atoms with E-state index in [2.05, 4.69) is 5.10 Å². The number of hydrogen-bond donors (Lipinski definition) is 0. The van der Waals surface area contributed by atoms with Crippen molar-refractivity contribution in [3.63, 3.8) is 0 Å². The Kier molecular flexibility index (Phi) is 3.38. The number of hydrogen-bond acceptors (Lipinski definition) is 1. The second-order valence-electron chi connectivity index (χ2n) is 3.38. The van der Waals surface area contributed by atoms with Crippen LogP contribution in [0.15, 0.2) is 30.5 Å². The lowest BCUT2D eigenvalue weighted by Gasteiger charge is -2.08. The lowest BCUT2D eigenvalue weighted by molar-refractivity contribution is 0.142. The van der Waals surface area contributed by atoms with Crippen LogP contribution in [0.1, 0.15) is 17.7 Å². The van der Waals surface area contributed by atoms with Gasteiger partial charge in [-0.05, 0) is 18.2 Å². The summed E-state index contributed by atoms with van der Waals surface area (Å²) in [6.07, 6.45) is -1.45. The normalized spacial score (nSPS) is 11.1. The van der Waals surface area contributed by atoms with Crippen molar-refractivity contribution in [3.8, 4) is 5.69 Å². The summed E-state index contributed by atoms with van der Waals surface area (Å²) in [5, 5.41) is 3.81. The molecule has 0 aliphatic heterocycles. The van der Waals surface area contributed by atoms with E-state index in [0.29, 0.717) is 0 Å². The first-order valence-electron chi connectivity index (χ1n) is 4.80. The Labute approximate surface area is 101 Å². The molecule has 0 unspecified atom stereocenters. The van der Waals surface area contributed by atoms with Crippen LogP contribution in [-0.2, 0) is 5.88 Å². The highest BCUT2D eigenvalue weighted by atomic mass is 35.5. The Morgan fingerprint density at radius 3 is 2.71 bits per heavy atom. The van der Waals surface area contributed by atoms with E-state index >= 15 is 0 Å². The average molecular weight is 261 g/mol. The van der Waals surface area contributed by atoms with Gasteiger partial charge in [-0.25, -0.2) is 17.9 Å². The number of aromatic nitrogens is 2. The van der Waals surface area contributed by atoms with Crippen molar-refractivity contribution in [1.82, 2.24) is 9.78 Å². The summed E-state index contributed by atoms with van der Waals surface area (Å²) in [6, 6.07) is 5.30. The molecule has 0 atom stereocenters. The molecule has 1 aromatic heterocycles.